The summed E-state index contributed by atoms with van der Waals surface area (Å²) in [6.45, 7) is 6.28. The Bertz CT molecular complexity index is 817. The van der Waals surface area contributed by atoms with Gasteiger partial charge < -0.3 is 20.6 Å². The first-order valence-corrected chi connectivity index (χ1v) is 12.5. The number of carbonyl (C=O) groups excluding carboxylic acids is 1. The number of carboxylic acid groups (broad SMARTS) is 1. The van der Waals surface area contributed by atoms with Gasteiger partial charge in [0, 0.05) is 31.2 Å². The van der Waals surface area contributed by atoms with Gasteiger partial charge in [-0.3, -0.25) is 4.79 Å². The molecule has 1 amide bonds. The minimum absolute atomic E-state index is 0.173. The molecule has 0 bridgehead atoms. The molecule has 0 spiro atoms. The predicted octanol–water partition coefficient (Wildman–Crippen LogP) is 3.57. The van der Waals surface area contributed by atoms with Gasteiger partial charge in [-0.25, -0.2) is 14.2 Å². The van der Waals surface area contributed by atoms with Crippen molar-refractivity contribution in [3.05, 3.63) is 23.4 Å². The molecular weight excluding hydrogens is 423 g/mol. The van der Waals surface area contributed by atoms with Crippen LogP contribution in [0.3, 0.4) is 0 Å². The summed E-state index contributed by atoms with van der Waals surface area (Å²) in [6, 6.07) is 3.17. The maximum absolute atomic E-state index is 15.7. The van der Waals surface area contributed by atoms with Crippen LogP contribution in [0.5, 0.6) is 0 Å². The van der Waals surface area contributed by atoms with Gasteiger partial charge in [0.05, 0.1) is 0 Å². The number of rotatable bonds is 11. The van der Waals surface area contributed by atoms with Crippen LogP contribution in [0.2, 0.25) is 0 Å². The Balaban J connectivity index is 1.51. The molecule has 7 nitrogen and oxygen atoms in total. The average Bonchev–Trinajstić information content (AvgIpc) is 2.81. The van der Waals surface area contributed by atoms with Crippen molar-refractivity contribution in [1.82, 2.24) is 15.2 Å². The van der Waals surface area contributed by atoms with Crippen LogP contribution in [-0.2, 0) is 22.4 Å². The number of fused-ring (bicyclic) bond motifs is 1. The summed E-state index contributed by atoms with van der Waals surface area (Å²) in [5.74, 6) is -0.484. The standard InChI is InChI=1S/C25H39FN4O3/c1-3-18(4-2)23(31)29-21(24(32)33)11-16-30-15-6-12-25(26,17-30)13-10-20-9-8-19-7-5-14-27-22(19)28-20/h8-9,18,21H,3-7,10-17H2,1-2H3,(H,27,28)(H,29,31)(H,32,33)/t21?,25-/m0/s1. The van der Waals surface area contributed by atoms with Gasteiger partial charge in [-0.05, 0) is 76.0 Å². The monoisotopic (exact) mass is 462 g/mol. The molecule has 184 valence electrons. The van der Waals surface area contributed by atoms with Gasteiger partial charge in [-0.2, -0.15) is 0 Å². The van der Waals surface area contributed by atoms with Gasteiger partial charge in [-0.15, -0.1) is 0 Å². The first-order valence-electron chi connectivity index (χ1n) is 12.5. The Morgan fingerprint density at radius 1 is 1.30 bits per heavy atom. The number of amides is 1. The van der Waals surface area contributed by atoms with Crippen molar-refractivity contribution in [2.75, 3.05) is 31.5 Å². The molecule has 3 heterocycles. The highest BCUT2D eigenvalue weighted by molar-refractivity contribution is 5.84. The molecule has 0 saturated carbocycles. The number of carboxylic acids is 1. The second kappa shape index (κ2) is 11.8. The van der Waals surface area contributed by atoms with Crippen molar-refractivity contribution >= 4 is 17.7 Å². The zero-order chi connectivity index (χ0) is 23.8. The Labute approximate surface area is 196 Å². The molecule has 33 heavy (non-hydrogen) atoms. The van der Waals surface area contributed by atoms with E-state index in [1.165, 1.54) is 5.56 Å². The van der Waals surface area contributed by atoms with Gasteiger partial charge in [0.1, 0.15) is 17.5 Å². The smallest absolute Gasteiger partial charge is 0.326 e. The largest absolute Gasteiger partial charge is 0.480 e. The van der Waals surface area contributed by atoms with Gasteiger partial charge in [0.15, 0.2) is 0 Å². The number of aliphatic carboxylic acids is 1. The van der Waals surface area contributed by atoms with Crippen molar-refractivity contribution in [3.63, 3.8) is 0 Å². The van der Waals surface area contributed by atoms with E-state index in [0.29, 0.717) is 45.2 Å². The average molecular weight is 463 g/mol. The molecule has 8 heteroatoms. The SMILES string of the molecule is CCC(CC)C(=O)NC(CCN1CCC[C@](F)(CCc2ccc3c(n2)NCCC3)C1)C(=O)O. The third kappa shape index (κ3) is 7.13. The summed E-state index contributed by atoms with van der Waals surface area (Å²) in [4.78, 5) is 30.7. The number of aryl methyl sites for hydroxylation is 2. The van der Waals surface area contributed by atoms with E-state index in [-0.39, 0.29) is 18.2 Å². The van der Waals surface area contributed by atoms with E-state index in [9.17, 15) is 14.7 Å². The van der Waals surface area contributed by atoms with E-state index in [1.807, 2.05) is 24.8 Å². The maximum atomic E-state index is 15.7. The predicted molar refractivity (Wildman–Crippen MR) is 127 cm³/mol. The lowest BCUT2D eigenvalue weighted by Gasteiger charge is -2.38. The van der Waals surface area contributed by atoms with E-state index >= 15 is 4.39 Å². The number of hydrogen-bond acceptors (Lipinski definition) is 5. The van der Waals surface area contributed by atoms with Gasteiger partial charge in [0.25, 0.3) is 0 Å². The highest BCUT2D eigenvalue weighted by Crippen LogP contribution is 2.31. The van der Waals surface area contributed by atoms with Crippen LogP contribution in [0.15, 0.2) is 12.1 Å². The molecule has 3 rings (SSSR count). The topological polar surface area (TPSA) is 94.6 Å². The molecule has 1 aromatic heterocycles. The van der Waals surface area contributed by atoms with E-state index in [0.717, 1.165) is 43.9 Å². The summed E-state index contributed by atoms with van der Waals surface area (Å²) >= 11 is 0. The van der Waals surface area contributed by atoms with Gasteiger partial charge in [-0.1, -0.05) is 19.9 Å². The van der Waals surface area contributed by atoms with E-state index < -0.39 is 17.7 Å². The van der Waals surface area contributed by atoms with Crippen LogP contribution in [0, 0.1) is 5.92 Å². The maximum Gasteiger partial charge on any atom is 0.326 e. The van der Waals surface area contributed by atoms with E-state index in [1.54, 1.807) is 0 Å². The Kier molecular flexibility index (Phi) is 9.06. The van der Waals surface area contributed by atoms with Crippen LogP contribution < -0.4 is 10.6 Å². The minimum atomic E-state index is -1.30. The Morgan fingerprint density at radius 3 is 2.82 bits per heavy atom. The number of likely N-dealkylation sites (tertiary alicyclic amines) is 1. The van der Waals surface area contributed by atoms with E-state index in [2.05, 4.69) is 21.7 Å². The van der Waals surface area contributed by atoms with Crippen LogP contribution in [-0.4, -0.2) is 64.8 Å². The molecule has 2 aliphatic heterocycles. The number of alkyl halides is 1. The number of nitrogens with one attached hydrogen (secondary N) is 2. The lowest BCUT2D eigenvalue weighted by atomic mass is 9.89. The molecule has 1 saturated heterocycles. The third-order valence-electron chi connectivity index (χ3n) is 7.09. The number of anilines is 1. The number of aromatic nitrogens is 1. The van der Waals surface area contributed by atoms with Crippen LogP contribution >= 0.6 is 0 Å². The van der Waals surface area contributed by atoms with Crippen LogP contribution in [0.1, 0.15) is 70.1 Å². The fraction of sp³-hybridized carbons (Fsp3) is 0.720. The van der Waals surface area contributed by atoms with Crippen molar-refractivity contribution in [1.29, 1.82) is 0 Å². The summed E-state index contributed by atoms with van der Waals surface area (Å²) < 4.78 is 15.7. The Morgan fingerprint density at radius 2 is 2.09 bits per heavy atom. The number of hydrogen-bond donors (Lipinski definition) is 3. The second-order valence-corrected chi connectivity index (χ2v) is 9.57. The highest BCUT2D eigenvalue weighted by Gasteiger charge is 2.36. The zero-order valence-electron chi connectivity index (χ0n) is 20.0. The molecule has 1 fully saturated rings. The van der Waals surface area contributed by atoms with Crippen molar-refractivity contribution in [3.8, 4) is 0 Å². The van der Waals surface area contributed by atoms with Crippen LogP contribution in [0.25, 0.3) is 0 Å². The fourth-order valence-electron chi connectivity index (χ4n) is 4.95. The molecule has 1 unspecified atom stereocenters. The molecule has 3 N–H and O–H groups in total. The van der Waals surface area contributed by atoms with E-state index in [4.69, 9.17) is 0 Å². The van der Waals surface area contributed by atoms with Crippen molar-refractivity contribution in [2.45, 2.75) is 83.3 Å². The summed E-state index contributed by atoms with van der Waals surface area (Å²) in [5, 5.41) is 15.6. The second-order valence-electron chi connectivity index (χ2n) is 9.57. The minimum Gasteiger partial charge on any atom is -0.480 e. The van der Waals surface area contributed by atoms with Crippen molar-refractivity contribution in [2.24, 2.45) is 5.92 Å². The number of pyridine rings is 1. The summed E-state index contributed by atoms with van der Waals surface area (Å²) in [5.41, 5.74) is 0.834. The molecule has 2 atom stereocenters. The third-order valence-corrected chi connectivity index (χ3v) is 7.09. The normalized spacial score (nSPS) is 21.8. The molecule has 0 aliphatic carbocycles. The van der Waals surface area contributed by atoms with Gasteiger partial charge >= 0.3 is 5.97 Å². The fourth-order valence-corrected chi connectivity index (χ4v) is 4.95. The lowest BCUT2D eigenvalue weighted by Crippen LogP contribution is -2.49. The quantitative estimate of drug-likeness (QED) is 0.465. The number of carbonyl (C=O) groups is 2. The summed E-state index contributed by atoms with van der Waals surface area (Å²) in [7, 11) is 0. The van der Waals surface area contributed by atoms with Crippen LogP contribution in [0.4, 0.5) is 10.2 Å². The first-order chi connectivity index (χ1) is 15.8. The summed E-state index contributed by atoms with van der Waals surface area (Å²) in [6.07, 6.45) is 6.03. The Hall–Kier alpha value is -2.22. The first kappa shape index (κ1) is 25.4. The highest BCUT2D eigenvalue weighted by atomic mass is 19.1. The molecule has 2 aliphatic rings. The lowest BCUT2D eigenvalue weighted by molar-refractivity contribution is -0.142. The zero-order valence-corrected chi connectivity index (χ0v) is 20.0. The number of piperidine rings is 1. The molecule has 1 aromatic rings. The number of nitrogens with zero attached hydrogens (tertiary/aromatic N) is 2. The van der Waals surface area contributed by atoms with Gasteiger partial charge in [0.2, 0.25) is 5.91 Å². The molecule has 0 radical (unpaired) electrons. The van der Waals surface area contributed by atoms with Crippen molar-refractivity contribution < 1.29 is 19.1 Å². The molecule has 0 aromatic carbocycles. The number of halogens is 1. The molecular formula is C25H39FN4O3.